The van der Waals surface area contributed by atoms with Crippen LogP contribution in [0.3, 0.4) is 0 Å². The number of methoxy groups -OCH3 is 1. The van der Waals surface area contributed by atoms with Crippen LogP contribution in [-0.2, 0) is 0 Å². The highest BCUT2D eigenvalue weighted by Crippen LogP contribution is 2.38. The fraction of sp³-hybridized carbons (Fsp3) is 0.474. The van der Waals surface area contributed by atoms with Crippen molar-refractivity contribution >= 4 is 5.82 Å². The fourth-order valence-electron chi connectivity index (χ4n) is 3.42. The molecule has 23 heavy (non-hydrogen) atoms. The van der Waals surface area contributed by atoms with Crippen LogP contribution < -0.4 is 9.64 Å². The van der Waals surface area contributed by atoms with Crippen LogP contribution in [0.2, 0.25) is 0 Å². The SMILES string of the molecule is COc1cccc(C2CCN(c3ccnc(C4CC4)n3)CC2)c1. The molecule has 0 bridgehead atoms. The lowest BCUT2D eigenvalue weighted by Gasteiger charge is -2.33. The van der Waals surface area contributed by atoms with Crippen LogP contribution in [0.25, 0.3) is 0 Å². The Bertz CT molecular complexity index is 676. The molecule has 1 aromatic carbocycles. The van der Waals surface area contributed by atoms with Gasteiger partial charge in [0.1, 0.15) is 17.4 Å². The minimum Gasteiger partial charge on any atom is -0.497 e. The minimum absolute atomic E-state index is 0.615. The second kappa shape index (κ2) is 6.19. The summed E-state index contributed by atoms with van der Waals surface area (Å²) in [5.41, 5.74) is 1.39. The molecule has 1 saturated heterocycles. The van der Waals surface area contributed by atoms with E-state index in [1.54, 1.807) is 7.11 Å². The highest BCUT2D eigenvalue weighted by atomic mass is 16.5. The number of benzene rings is 1. The van der Waals surface area contributed by atoms with Crippen LogP contribution in [0.5, 0.6) is 5.75 Å². The van der Waals surface area contributed by atoms with Crippen molar-refractivity contribution in [1.82, 2.24) is 9.97 Å². The number of hydrogen-bond acceptors (Lipinski definition) is 4. The van der Waals surface area contributed by atoms with Gasteiger partial charge >= 0.3 is 0 Å². The van der Waals surface area contributed by atoms with Gasteiger partial charge in [-0.3, -0.25) is 0 Å². The van der Waals surface area contributed by atoms with Gasteiger partial charge in [-0.2, -0.15) is 0 Å². The average Bonchev–Trinajstić information content (AvgIpc) is 3.47. The summed E-state index contributed by atoms with van der Waals surface area (Å²) in [7, 11) is 1.73. The summed E-state index contributed by atoms with van der Waals surface area (Å²) < 4.78 is 5.35. The summed E-state index contributed by atoms with van der Waals surface area (Å²) in [6.07, 6.45) is 6.75. The number of aromatic nitrogens is 2. The molecule has 4 nitrogen and oxygen atoms in total. The average molecular weight is 309 g/mol. The third kappa shape index (κ3) is 3.16. The highest BCUT2D eigenvalue weighted by Gasteiger charge is 2.28. The summed E-state index contributed by atoms with van der Waals surface area (Å²) in [5.74, 6) is 4.33. The molecule has 4 heteroatoms. The number of anilines is 1. The highest BCUT2D eigenvalue weighted by molar-refractivity contribution is 5.40. The van der Waals surface area contributed by atoms with Crippen LogP contribution in [0.1, 0.15) is 48.9 Å². The molecule has 0 N–H and O–H groups in total. The molecule has 1 aliphatic heterocycles. The van der Waals surface area contributed by atoms with E-state index in [4.69, 9.17) is 9.72 Å². The first kappa shape index (κ1) is 14.5. The number of piperidine rings is 1. The lowest BCUT2D eigenvalue weighted by molar-refractivity contribution is 0.412. The van der Waals surface area contributed by atoms with Gasteiger partial charge in [0, 0.05) is 25.2 Å². The van der Waals surface area contributed by atoms with Crippen LogP contribution in [0.4, 0.5) is 5.82 Å². The van der Waals surface area contributed by atoms with E-state index in [1.807, 2.05) is 12.3 Å². The van der Waals surface area contributed by atoms with Gasteiger partial charge in [-0.15, -0.1) is 0 Å². The molecule has 2 aliphatic rings. The van der Waals surface area contributed by atoms with Gasteiger partial charge in [-0.1, -0.05) is 12.1 Å². The molecule has 0 amide bonds. The molecule has 2 fully saturated rings. The van der Waals surface area contributed by atoms with E-state index in [0.717, 1.165) is 43.3 Å². The molecular formula is C19H23N3O. The Balaban J connectivity index is 1.43. The maximum atomic E-state index is 5.35. The lowest BCUT2D eigenvalue weighted by Crippen LogP contribution is -2.33. The summed E-state index contributed by atoms with van der Waals surface area (Å²) in [5, 5.41) is 0. The third-order valence-corrected chi connectivity index (χ3v) is 4.99. The van der Waals surface area contributed by atoms with Gasteiger partial charge in [0.25, 0.3) is 0 Å². The number of nitrogens with zero attached hydrogens (tertiary/aromatic N) is 3. The summed E-state index contributed by atoms with van der Waals surface area (Å²) in [6.45, 7) is 2.12. The van der Waals surface area contributed by atoms with Crippen molar-refractivity contribution in [3.05, 3.63) is 47.9 Å². The third-order valence-electron chi connectivity index (χ3n) is 4.99. The molecule has 120 valence electrons. The molecule has 1 aliphatic carbocycles. The smallest absolute Gasteiger partial charge is 0.133 e. The van der Waals surface area contributed by atoms with E-state index in [1.165, 1.54) is 18.4 Å². The molecule has 2 aromatic rings. The summed E-state index contributed by atoms with van der Waals surface area (Å²) >= 11 is 0. The zero-order chi connectivity index (χ0) is 15.6. The van der Waals surface area contributed by atoms with E-state index < -0.39 is 0 Å². The van der Waals surface area contributed by atoms with Gasteiger partial charge in [0.2, 0.25) is 0 Å². The predicted molar refractivity (Wildman–Crippen MR) is 91.2 cm³/mol. The van der Waals surface area contributed by atoms with Crippen LogP contribution in [-0.4, -0.2) is 30.2 Å². The Kier molecular flexibility index (Phi) is 3.90. The van der Waals surface area contributed by atoms with Crippen LogP contribution >= 0.6 is 0 Å². The van der Waals surface area contributed by atoms with E-state index in [2.05, 4.69) is 34.1 Å². The van der Waals surface area contributed by atoms with Crippen molar-refractivity contribution in [1.29, 1.82) is 0 Å². The Morgan fingerprint density at radius 3 is 2.61 bits per heavy atom. The Morgan fingerprint density at radius 2 is 1.87 bits per heavy atom. The maximum absolute atomic E-state index is 5.35. The normalized spacial score (nSPS) is 18.9. The van der Waals surface area contributed by atoms with Crippen molar-refractivity contribution in [2.45, 2.75) is 37.5 Å². The zero-order valence-electron chi connectivity index (χ0n) is 13.6. The molecule has 0 spiro atoms. The standard InChI is InChI=1S/C19H23N3O/c1-23-17-4-2-3-16(13-17)14-8-11-22(12-9-14)18-7-10-20-19(21-18)15-5-6-15/h2-4,7,10,13-15H,5-6,8-9,11-12H2,1H3. The van der Waals surface area contributed by atoms with Crippen LogP contribution in [0, 0.1) is 0 Å². The first-order valence-corrected chi connectivity index (χ1v) is 8.55. The molecule has 2 heterocycles. The second-order valence-corrected chi connectivity index (χ2v) is 6.59. The minimum atomic E-state index is 0.615. The maximum Gasteiger partial charge on any atom is 0.133 e. The zero-order valence-corrected chi connectivity index (χ0v) is 13.6. The number of rotatable bonds is 4. The predicted octanol–water partition coefficient (Wildman–Crippen LogP) is 3.75. The second-order valence-electron chi connectivity index (χ2n) is 6.59. The fourth-order valence-corrected chi connectivity index (χ4v) is 3.42. The van der Waals surface area contributed by atoms with Gasteiger partial charge in [0.05, 0.1) is 7.11 Å². The van der Waals surface area contributed by atoms with Crippen molar-refractivity contribution in [2.75, 3.05) is 25.1 Å². The molecule has 0 radical (unpaired) electrons. The van der Waals surface area contributed by atoms with Gasteiger partial charge in [-0.05, 0) is 55.4 Å². The van der Waals surface area contributed by atoms with Crippen molar-refractivity contribution in [2.24, 2.45) is 0 Å². The quantitative estimate of drug-likeness (QED) is 0.862. The monoisotopic (exact) mass is 309 g/mol. The lowest BCUT2D eigenvalue weighted by atomic mass is 9.89. The Hall–Kier alpha value is -2.10. The van der Waals surface area contributed by atoms with E-state index in [-0.39, 0.29) is 0 Å². The molecule has 1 saturated carbocycles. The number of hydrogen-bond donors (Lipinski definition) is 0. The molecule has 1 aromatic heterocycles. The van der Waals surface area contributed by atoms with Crippen molar-refractivity contribution in [3.63, 3.8) is 0 Å². The van der Waals surface area contributed by atoms with Gasteiger partial charge in [-0.25, -0.2) is 9.97 Å². The molecule has 0 unspecified atom stereocenters. The van der Waals surface area contributed by atoms with E-state index in [0.29, 0.717) is 11.8 Å². The molecule has 0 atom stereocenters. The van der Waals surface area contributed by atoms with Crippen LogP contribution in [0.15, 0.2) is 36.5 Å². The van der Waals surface area contributed by atoms with E-state index >= 15 is 0 Å². The van der Waals surface area contributed by atoms with Crippen molar-refractivity contribution < 1.29 is 4.74 Å². The first-order valence-electron chi connectivity index (χ1n) is 8.55. The van der Waals surface area contributed by atoms with E-state index in [9.17, 15) is 0 Å². The first-order chi connectivity index (χ1) is 11.3. The van der Waals surface area contributed by atoms with Crippen molar-refractivity contribution in [3.8, 4) is 5.75 Å². The summed E-state index contributed by atoms with van der Waals surface area (Å²) in [4.78, 5) is 11.6. The Labute approximate surface area is 137 Å². The van der Waals surface area contributed by atoms with Gasteiger partial charge < -0.3 is 9.64 Å². The number of ether oxygens (including phenoxy) is 1. The molecule has 4 rings (SSSR count). The topological polar surface area (TPSA) is 38.2 Å². The largest absolute Gasteiger partial charge is 0.497 e. The summed E-state index contributed by atoms with van der Waals surface area (Å²) in [6, 6.07) is 10.6. The molecular weight excluding hydrogens is 286 g/mol. The van der Waals surface area contributed by atoms with Gasteiger partial charge in [0.15, 0.2) is 0 Å². The Morgan fingerprint density at radius 1 is 1.04 bits per heavy atom.